The molecule has 1 aliphatic carbocycles. The van der Waals surface area contributed by atoms with Gasteiger partial charge in [-0.3, -0.25) is 0 Å². The highest BCUT2D eigenvalue weighted by atomic mass is 35.5. The standard InChI is InChI=1S/C13H26ClNO2S/c1-3-13(4-2,10-14)11-15-18(16,17)12-8-6-5-7-9-12/h12,15H,3-11H2,1-2H3. The molecular weight excluding hydrogens is 270 g/mol. The van der Waals surface area contributed by atoms with Gasteiger partial charge in [0.05, 0.1) is 5.25 Å². The molecule has 0 bridgehead atoms. The second-order valence-electron chi connectivity index (χ2n) is 5.47. The molecule has 0 spiro atoms. The van der Waals surface area contributed by atoms with Gasteiger partial charge >= 0.3 is 0 Å². The first-order valence-electron chi connectivity index (χ1n) is 7.04. The highest BCUT2D eigenvalue weighted by Gasteiger charge is 2.31. The Bertz CT molecular complexity index is 325. The van der Waals surface area contributed by atoms with E-state index in [0.717, 1.165) is 38.5 Å². The molecule has 108 valence electrons. The van der Waals surface area contributed by atoms with Gasteiger partial charge in [0.2, 0.25) is 10.0 Å². The summed E-state index contributed by atoms with van der Waals surface area (Å²) >= 11 is 6.00. The topological polar surface area (TPSA) is 46.2 Å². The van der Waals surface area contributed by atoms with Crippen molar-refractivity contribution >= 4 is 21.6 Å². The molecule has 0 radical (unpaired) electrons. The second-order valence-corrected chi connectivity index (χ2v) is 7.78. The molecule has 0 heterocycles. The maximum absolute atomic E-state index is 12.2. The van der Waals surface area contributed by atoms with Gasteiger partial charge in [-0.1, -0.05) is 33.1 Å². The van der Waals surface area contributed by atoms with E-state index in [2.05, 4.69) is 18.6 Å². The zero-order chi connectivity index (χ0) is 13.6. The molecule has 0 aromatic heterocycles. The van der Waals surface area contributed by atoms with Crippen LogP contribution in [0.4, 0.5) is 0 Å². The third-order valence-electron chi connectivity index (χ3n) is 4.42. The summed E-state index contributed by atoms with van der Waals surface area (Å²) in [6.45, 7) is 4.61. The van der Waals surface area contributed by atoms with Gasteiger partial charge in [0.15, 0.2) is 0 Å². The van der Waals surface area contributed by atoms with Crippen molar-refractivity contribution in [2.45, 2.75) is 64.0 Å². The van der Waals surface area contributed by atoms with Crippen LogP contribution in [0.15, 0.2) is 0 Å². The van der Waals surface area contributed by atoms with Gasteiger partial charge in [-0.25, -0.2) is 13.1 Å². The summed E-state index contributed by atoms with van der Waals surface area (Å²) < 4.78 is 27.3. The molecule has 1 rings (SSSR count). The number of hydrogen-bond acceptors (Lipinski definition) is 2. The van der Waals surface area contributed by atoms with Crippen LogP contribution in [0.3, 0.4) is 0 Å². The van der Waals surface area contributed by atoms with Crippen molar-refractivity contribution in [3.8, 4) is 0 Å². The van der Waals surface area contributed by atoms with Crippen LogP contribution in [-0.4, -0.2) is 26.1 Å². The van der Waals surface area contributed by atoms with Crippen LogP contribution in [0, 0.1) is 5.41 Å². The van der Waals surface area contributed by atoms with Crippen molar-refractivity contribution in [1.82, 2.24) is 4.72 Å². The number of nitrogens with one attached hydrogen (secondary N) is 1. The number of alkyl halides is 1. The van der Waals surface area contributed by atoms with E-state index in [1.807, 2.05) is 0 Å². The maximum Gasteiger partial charge on any atom is 0.214 e. The predicted molar refractivity (Wildman–Crippen MR) is 77.5 cm³/mol. The van der Waals surface area contributed by atoms with Gasteiger partial charge in [-0.2, -0.15) is 0 Å². The first-order valence-corrected chi connectivity index (χ1v) is 9.12. The van der Waals surface area contributed by atoms with Crippen molar-refractivity contribution < 1.29 is 8.42 Å². The SMILES string of the molecule is CCC(CC)(CCl)CNS(=O)(=O)C1CCCCC1. The van der Waals surface area contributed by atoms with E-state index in [1.54, 1.807) is 0 Å². The lowest BCUT2D eigenvalue weighted by Gasteiger charge is -2.31. The zero-order valence-electron chi connectivity index (χ0n) is 11.5. The van der Waals surface area contributed by atoms with Crippen LogP contribution >= 0.6 is 11.6 Å². The highest BCUT2D eigenvalue weighted by molar-refractivity contribution is 7.90. The summed E-state index contributed by atoms with van der Waals surface area (Å²) in [5.74, 6) is 0.507. The molecule has 0 aromatic carbocycles. The van der Waals surface area contributed by atoms with Crippen molar-refractivity contribution in [2.75, 3.05) is 12.4 Å². The van der Waals surface area contributed by atoms with Crippen LogP contribution in [0.2, 0.25) is 0 Å². The van der Waals surface area contributed by atoms with E-state index in [4.69, 9.17) is 11.6 Å². The van der Waals surface area contributed by atoms with Crippen LogP contribution < -0.4 is 4.72 Å². The average molecular weight is 296 g/mol. The molecule has 0 unspecified atom stereocenters. The summed E-state index contributed by atoms with van der Waals surface area (Å²) in [4.78, 5) is 0. The molecule has 1 aliphatic rings. The van der Waals surface area contributed by atoms with E-state index < -0.39 is 10.0 Å². The third kappa shape index (κ3) is 4.10. The quantitative estimate of drug-likeness (QED) is 0.733. The summed E-state index contributed by atoms with van der Waals surface area (Å²) in [5.41, 5.74) is -0.0940. The fourth-order valence-electron chi connectivity index (χ4n) is 2.48. The van der Waals surface area contributed by atoms with Crippen molar-refractivity contribution in [3.63, 3.8) is 0 Å². The fourth-order valence-corrected chi connectivity index (χ4v) is 4.65. The number of hydrogen-bond donors (Lipinski definition) is 1. The first kappa shape index (κ1) is 16.3. The molecule has 0 amide bonds. The summed E-state index contributed by atoms with van der Waals surface area (Å²) in [6.07, 6.45) is 6.66. The van der Waals surface area contributed by atoms with Crippen molar-refractivity contribution in [2.24, 2.45) is 5.41 Å². The average Bonchev–Trinajstić information content (AvgIpc) is 2.42. The van der Waals surface area contributed by atoms with E-state index in [1.165, 1.54) is 6.42 Å². The lowest BCUT2D eigenvalue weighted by molar-refractivity contribution is 0.303. The minimum Gasteiger partial charge on any atom is -0.214 e. The third-order valence-corrected chi connectivity index (χ3v) is 6.89. The largest absolute Gasteiger partial charge is 0.214 e. The molecule has 0 saturated heterocycles. The Kier molecular flexibility index (Phi) is 6.42. The van der Waals surface area contributed by atoms with Gasteiger partial charge in [0.1, 0.15) is 0 Å². The Morgan fingerprint density at radius 1 is 1.17 bits per heavy atom. The molecule has 0 aliphatic heterocycles. The summed E-state index contributed by atoms with van der Waals surface area (Å²) in [5, 5.41) is -0.187. The Balaban J connectivity index is 2.59. The monoisotopic (exact) mass is 295 g/mol. The predicted octanol–water partition coefficient (Wildman–Crippen LogP) is 3.28. The van der Waals surface area contributed by atoms with Crippen LogP contribution in [0.25, 0.3) is 0 Å². The van der Waals surface area contributed by atoms with Crippen LogP contribution in [0.5, 0.6) is 0 Å². The Labute approximate surface area is 117 Å². The second kappa shape index (κ2) is 7.11. The maximum atomic E-state index is 12.2. The Morgan fingerprint density at radius 3 is 2.17 bits per heavy atom. The lowest BCUT2D eigenvalue weighted by Crippen LogP contribution is -2.42. The van der Waals surface area contributed by atoms with Gasteiger partial charge in [0.25, 0.3) is 0 Å². The van der Waals surface area contributed by atoms with Gasteiger partial charge in [-0.15, -0.1) is 11.6 Å². The molecule has 0 atom stereocenters. The molecule has 5 heteroatoms. The number of rotatable bonds is 7. The molecule has 0 aromatic rings. The minimum absolute atomic E-state index is 0.0940. The molecule has 18 heavy (non-hydrogen) atoms. The highest BCUT2D eigenvalue weighted by Crippen LogP contribution is 2.28. The lowest BCUT2D eigenvalue weighted by atomic mass is 9.85. The molecule has 1 saturated carbocycles. The molecular formula is C13H26ClNO2S. The van der Waals surface area contributed by atoms with Crippen molar-refractivity contribution in [3.05, 3.63) is 0 Å². The van der Waals surface area contributed by atoms with Gasteiger partial charge in [-0.05, 0) is 31.1 Å². The Hall–Kier alpha value is 0.200. The summed E-state index contributed by atoms with van der Waals surface area (Å²) in [7, 11) is -3.16. The zero-order valence-corrected chi connectivity index (χ0v) is 13.1. The van der Waals surface area contributed by atoms with Gasteiger partial charge in [0, 0.05) is 12.4 Å². The number of sulfonamides is 1. The normalized spacial score (nSPS) is 19.1. The minimum atomic E-state index is -3.16. The number of halogens is 1. The van der Waals surface area contributed by atoms with Crippen molar-refractivity contribution in [1.29, 1.82) is 0 Å². The van der Waals surface area contributed by atoms with Gasteiger partial charge < -0.3 is 0 Å². The fraction of sp³-hybridized carbons (Fsp3) is 1.00. The van der Waals surface area contributed by atoms with Crippen LogP contribution in [-0.2, 0) is 10.0 Å². The molecule has 1 fully saturated rings. The molecule has 1 N–H and O–H groups in total. The van der Waals surface area contributed by atoms with E-state index >= 15 is 0 Å². The van der Waals surface area contributed by atoms with E-state index in [9.17, 15) is 8.42 Å². The van der Waals surface area contributed by atoms with Crippen LogP contribution in [0.1, 0.15) is 58.8 Å². The summed E-state index contributed by atoms with van der Waals surface area (Å²) in [6, 6.07) is 0. The molecule has 3 nitrogen and oxygen atoms in total. The van der Waals surface area contributed by atoms with E-state index in [0.29, 0.717) is 12.4 Å². The Morgan fingerprint density at radius 2 is 1.72 bits per heavy atom. The van der Waals surface area contributed by atoms with E-state index in [-0.39, 0.29) is 10.7 Å². The smallest absolute Gasteiger partial charge is 0.214 e. The first-order chi connectivity index (χ1) is 8.49.